The summed E-state index contributed by atoms with van der Waals surface area (Å²) in [5, 5.41) is 14.7. The predicted molar refractivity (Wildman–Crippen MR) is 126 cm³/mol. The Morgan fingerprint density at radius 3 is 2.91 bits per heavy atom. The molecule has 1 atom stereocenters. The van der Waals surface area contributed by atoms with Crippen LogP contribution < -0.4 is 9.46 Å². The number of ether oxygens (including phenoxy) is 2. The fraction of sp³-hybridized carbons (Fsp3) is 0.208. The molecule has 1 aliphatic rings. The van der Waals surface area contributed by atoms with E-state index < -0.39 is 17.2 Å². The lowest BCUT2D eigenvalue weighted by Crippen LogP contribution is -2.26. The molecule has 35 heavy (non-hydrogen) atoms. The van der Waals surface area contributed by atoms with Gasteiger partial charge in [0.25, 0.3) is 0 Å². The molecule has 1 aliphatic heterocycles. The average molecular weight is 496 g/mol. The van der Waals surface area contributed by atoms with Crippen molar-refractivity contribution in [1.82, 2.24) is 19.6 Å². The molecule has 178 valence electrons. The van der Waals surface area contributed by atoms with Crippen LogP contribution in [0.15, 0.2) is 53.8 Å². The van der Waals surface area contributed by atoms with Gasteiger partial charge in [0.1, 0.15) is 17.3 Å². The Labute approximate surface area is 203 Å². The van der Waals surface area contributed by atoms with Crippen molar-refractivity contribution in [2.45, 2.75) is 16.9 Å². The van der Waals surface area contributed by atoms with Crippen molar-refractivity contribution in [2.75, 3.05) is 25.0 Å². The van der Waals surface area contributed by atoms with Crippen molar-refractivity contribution < 1.29 is 23.4 Å². The summed E-state index contributed by atoms with van der Waals surface area (Å²) < 4.78 is 42.4. The number of hydrogen-bond acceptors (Lipinski definition) is 8. The maximum atomic E-state index is 14.0. The molecule has 0 amide bonds. The summed E-state index contributed by atoms with van der Waals surface area (Å²) in [6.45, 7) is 0.639. The first-order valence-corrected chi connectivity index (χ1v) is 11.4. The van der Waals surface area contributed by atoms with Gasteiger partial charge in [0, 0.05) is 30.4 Å². The maximum Gasteiger partial charge on any atom is 0.237 e. The molecule has 1 saturated heterocycles. The summed E-state index contributed by atoms with van der Waals surface area (Å²) in [7, 11) is 1.47. The van der Waals surface area contributed by atoms with Crippen LogP contribution in [0.4, 0.5) is 14.5 Å². The van der Waals surface area contributed by atoms with E-state index in [0.29, 0.717) is 47.1 Å². The predicted octanol–water partition coefficient (Wildman–Crippen LogP) is 3.70. The van der Waals surface area contributed by atoms with Crippen LogP contribution in [0.2, 0.25) is 0 Å². The van der Waals surface area contributed by atoms with Gasteiger partial charge < -0.3 is 19.3 Å². The van der Waals surface area contributed by atoms with E-state index in [1.165, 1.54) is 19.2 Å². The summed E-state index contributed by atoms with van der Waals surface area (Å²) in [5.41, 5.74) is 1.66. The van der Waals surface area contributed by atoms with Gasteiger partial charge in [-0.05, 0) is 36.2 Å². The highest BCUT2D eigenvalue weighted by Gasteiger charge is 2.30. The number of pyridine rings is 1. The number of hydrogen-bond donors (Lipinski definition) is 2. The van der Waals surface area contributed by atoms with Crippen molar-refractivity contribution in [3.63, 3.8) is 0 Å². The number of nitrogens with one attached hydrogen (secondary N) is 1. The third kappa shape index (κ3) is 4.90. The zero-order valence-corrected chi connectivity index (χ0v) is 19.3. The van der Waals surface area contributed by atoms with Crippen molar-refractivity contribution in [3.05, 3.63) is 66.1 Å². The molecule has 0 bridgehead atoms. The number of benzene rings is 1. The molecule has 2 N–H and O–H groups in total. The normalized spacial score (nSPS) is 17.3. The van der Waals surface area contributed by atoms with Crippen molar-refractivity contribution >= 4 is 23.3 Å². The largest absolute Gasteiger partial charge is 0.480 e. The van der Waals surface area contributed by atoms with Crippen LogP contribution in [-0.4, -0.2) is 50.6 Å². The summed E-state index contributed by atoms with van der Waals surface area (Å²) in [5.74, 6) is 4.80. The van der Waals surface area contributed by atoms with Crippen molar-refractivity contribution in [3.8, 4) is 29.0 Å². The molecule has 1 fully saturated rings. The molecule has 0 radical (unpaired) electrons. The molecule has 4 aromatic rings. The second-order valence-electron chi connectivity index (χ2n) is 7.78. The highest BCUT2D eigenvalue weighted by atomic mass is 32.2. The Bertz CT molecular complexity index is 1460. The minimum Gasteiger partial charge on any atom is -0.480 e. The van der Waals surface area contributed by atoms with Gasteiger partial charge in [-0.25, -0.2) is 23.3 Å². The van der Waals surface area contributed by atoms with Crippen molar-refractivity contribution in [1.29, 1.82) is 0 Å². The van der Waals surface area contributed by atoms with Gasteiger partial charge in [-0.15, -0.1) is 0 Å². The molecular formula is C24H19F2N5O3S. The SMILES string of the molecule is COc1ncc(-c2ccn3ncc(C#CC4(O)CCOC4)c3n2)cc1NSc1ccc(F)cc1F. The zero-order chi connectivity index (χ0) is 24.4. The summed E-state index contributed by atoms with van der Waals surface area (Å²) in [6, 6.07) is 6.88. The Morgan fingerprint density at radius 1 is 1.26 bits per heavy atom. The lowest BCUT2D eigenvalue weighted by molar-refractivity contribution is 0.0765. The minimum atomic E-state index is -1.17. The Hall–Kier alpha value is -3.72. The number of aromatic nitrogens is 4. The van der Waals surface area contributed by atoms with Crippen LogP contribution in [0.1, 0.15) is 12.0 Å². The third-order valence-corrected chi connectivity index (χ3v) is 6.18. The van der Waals surface area contributed by atoms with Crippen LogP contribution in [-0.2, 0) is 4.74 Å². The minimum absolute atomic E-state index is 0.172. The van der Waals surface area contributed by atoms with Crippen molar-refractivity contribution in [2.24, 2.45) is 0 Å². The van der Waals surface area contributed by atoms with E-state index in [0.717, 1.165) is 18.0 Å². The fourth-order valence-electron chi connectivity index (χ4n) is 3.45. The van der Waals surface area contributed by atoms with Gasteiger partial charge in [-0.1, -0.05) is 11.8 Å². The molecule has 1 aromatic carbocycles. The lowest BCUT2D eigenvalue weighted by Gasteiger charge is -2.12. The fourth-order valence-corrected chi connectivity index (χ4v) is 4.11. The summed E-state index contributed by atoms with van der Waals surface area (Å²) in [4.78, 5) is 9.22. The van der Waals surface area contributed by atoms with E-state index in [1.54, 1.807) is 35.2 Å². The van der Waals surface area contributed by atoms with Crippen LogP contribution in [0, 0.1) is 23.5 Å². The quantitative estimate of drug-likeness (QED) is 0.320. The van der Waals surface area contributed by atoms with E-state index in [1.807, 2.05) is 0 Å². The van der Waals surface area contributed by atoms with Crippen LogP contribution in [0.3, 0.4) is 0 Å². The number of fused-ring (bicyclic) bond motifs is 1. The first-order chi connectivity index (χ1) is 16.9. The van der Waals surface area contributed by atoms with Gasteiger partial charge in [0.15, 0.2) is 11.2 Å². The molecule has 8 nitrogen and oxygen atoms in total. The van der Waals surface area contributed by atoms with Gasteiger partial charge in [0.05, 0.1) is 42.7 Å². The van der Waals surface area contributed by atoms with Crippen LogP contribution in [0.5, 0.6) is 5.88 Å². The summed E-state index contributed by atoms with van der Waals surface area (Å²) in [6.07, 6.45) is 5.39. The number of methoxy groups -OCH3 is 1. The standard InChI is InChI=1S/C24H19F2N5O3S/c1-33-23-20(30-35-21-3-2-17(25)11-18(21)26)10-16(12-27-23)19-5-8-31-22(29-19)15(13-28-31)4-6-24(32)7-9-34-14-24/h2-3,5,8,10-13,30,32H,7,9,14H2,1H3. The maximum absolute atomic E-state index is 14.0. The number of halogens is 2. The second-order valence-corrected chi connectivity index (χ2v) is 8.63. The van der Waals surface area contributed by atoms with E-state index in [4.69, 9.17) is 9.47 Å². The third-order valence-electron chi connectivity index (χ3n) is 5.30. The average Bonchev–Trinajstić information content (AvgIpc) is 3.48. The van der Waals surface area contributed by atoms with E-state index in [2.05, 4.69) is 31.6 Å². The van der Waals surface area contributed by atoms with Gasteiger partial charge in [-0.3, -0.25) is 0 Å². The Morgan fingerprint density at radius 2 is 2.14 bits per heavy atom. The number of aliphatic hydroxyl groups is 1. The Kier molecular flexibility index (Phi) is 6.25. The van der Waals surface area contributed by atoms with Crippen LogP contribution >= 0.6 is 11.9 Å². The molecule has 4 heterocycles. The van der Waals surface area contributed by atoms with Gasteiger partial charge >= 0.3 is 0 Å². The number of anilines is 1. The van der Waals surface area contributed by atoms with E-state index in [9.17, 15) is 13.9 Å². The zero-order valence-electron chi connectivity index (χ0n) is 18.5. The first kappa shape index (κ1) is 23.0. The molecule has 5 rings (SSSR count). The molecule has 0 aliphatic carbocycles. The highest BCUT2D eigenvalue weighted by Crippen LogP contribution is 2.32. The number of nitrogens with zero attached hydrogens (tertiary/aromatic N) is 4. The summed E-state index contributed by atoms with van der Waals surface area (Å²) >= 11 is 0.968. The molecular weight excluding hydrogens is 476 g/mol. The van der Waals surface area contributed by atoms with Crippen LogP contribution in [0.25, 0.3) is 16.9 Å². The molecule has 1 unspecified atom stereocenters. The van der Waals surface area contributed by atoms with E-state index >= 15 is 0 Å². The smallest absolute Gasteiger partial charge is 0.237 e. The Balaban J connectivity index is 1.44. The molecule has 0 saturated carbocycles. The second kappa shape index (κ2) is 9.50. The lowest BCUT2D eigenvalue weighted by atomic mass is 10.0. The van der Waals surface area contributed by atoms with Gasteiger partial charge in [-0.2, -0.15) is 5.10 Å². The number of rotatable bonds is 5. The first-order valence-electron chi connectivity index (χ1n) is 10.5. The van der Waals surface area contributed by atoms with E-state index in [-0.39, 0.29) is 11.5 Å². The monoisotopic (exact) mass is 495 g/mol. The molecule has 3 aromatic heterocycles. The topological polar surface area (TPSA) is 93.8 Å². The molecule has 11 heteroatoms. The van der Waals surface area contributed by atoms with Gasteiger partial charge in [0.2, 0.25) is 5.88 Å². The highest BCUT2D eigenvalue weighted by molar-refractivity contribution is 8.00. The molecule has 0 spiro atoms.